The average molecular weight is 177 g/mol. The molecule has 0 unspecified atom stereocenters. The summed E-state index contributed by atoms with van der Waals surface area (Å²) in [5.74, 6) is 0. The van der Waals surface area contributed by atoms with Gasteiger partial charge in [-0.15, -0.1) is 0 Å². The minimum Gasteiger partial charge on any atom is -0.375 e. The van der Waals surface area contributed by atoms with Crippen molar-refractivity contribution < 1.29 is 9.53 Å². The minimum absolute atomic E-state index is 0.385. The average Bonchev–Trinajstić information content (AvgIpc) is 2.19. The fraction of sp³-hybridized carbons (Fsp3) is 0.300. The van der Waals surface area contributed by atoms with E-state index in [-0.39, 0.29) is 0 Å². The molecule has 13 heavy (non-hydrogen) atoms. The molecule has 0 radical (unpaired) electrons. The first-order valence-corrected chi connectivity index (χ1v) is 4.09. The zero-order valence-corrected chi connectivity index (χ0v) is 7.27. The second-order valence-electron chi connectivity index (χ2n) is 2.51. The van der Waals surface area contributed by atoms with Gasteiger partial charge in [0.1, 0.15) is 0 Å². The topological polar surface area (TPSA) is 38.7 Å². The number of nitrogens with zero attached hydrogens (tertiary/aromatic N) is 1. The molecular weight excluding hydrogens is 166 g/mol. The van der Waals surface area contributed by atoms with Gasteiger partial charge in [-0.1, -0.05) is 30.3 Å². The van der Waals surface area contributed by atoms with Crippen molar-refractivity contribution in [2.75, 3.05) is 13.2 Å². The van der Waals surface area contributed by atoms with E-state index in [1.54, 1.807) is 0 Å². The van der Waals surface area contributed by atoms with Crippen LogP contribution in [0.5, 0.6) is 0 Å². The fourth-order valence-corrected chi connectivity index (χ4v) is 0.920. The molecule has 0 aliphatic heterocycles. The number of isocyanates is 1. The summed E-state index contributed by atoms with van der Waals surface area (Å²) in [7, 11) is 0. The van der Waals surface area contributed by atoms with E-state index in [1.165, 1.54) is 6.08 Å². The zero-order chi connectivity index (χ0) is 9.36. The summed E-state index contributed by atoms with van der Waals surface area (Å²) in [5.41, 5.74) is 1.12. The van der Waals surface area contributed by atoms with Gasteiger partial charge in [-0.2, -0.15) is 0 Å². The lowest BCUT2D eigenvalue weighted by Crippen LogP contribution is -1.97. The summed E-state index contributed by atoms with van der Waals surface area (Å²) < 4.78 is 5.25. The Morgan fingerprint density at radius 2 is 2.08 bits per heavy atom. The Bertz CT molecular complexity index is 278. The van der Waals surface area contributed by atoms with Crippen LogP contribution in [-0.2, 0) is 16.1 Å². The molecule has 68 valence electrons. The third kappa shape index (κ3) is 4.21. The molecule has 0 heterocycles. The summed E-state index contributed by atoms with van der Waals surface area (Å²) in [6.45, 7) is 1.41. The van der Waals surface area contributed by atoms with Crippen LogP contribution in [0.2, 0.25) is 0 Å². The predicted octanol–water partition coefficient (Wildman–Crippen LogP) is 1.54. The second-order valence-corrected chi connectivity index (χ2v) is 2.51. The van der Waals surface area contributed by atoms with Crippen LogP contribution in [0.4, 0.5) is 0 Å². The SMILES string of the molecule is O=C=NCCOCc1ccccc1. The number of aliphatic imine (C=N–C) groups is 1. The number of carbonyl (C=O) groups excluding carboxylic acids is 1. The number of hydrogen-bond acceptors (Lipinski definition) is 3. The van der Waals surface area contributed by atoms with Crippen LogP contribution >= 0.6 is 0 Å². The van der Waals surface area contributed by atoms with E-state index in [4.69, 9.17) is 4.74 Å². The molecule has 0 atom stereocenters. The van der Waals surface area contributed by atoms with Gasteiger partial charge in [0.05, 0.1) is 19.8 Å². The smallest absolute Gasteiger partial charge is 0.235 e. The largest absolute Gasteiger partial charge is 0.375 e. The predicted molar refractivity (Wildman–Crippen MR) is 49.1 cm³/mol. The van der Waals surface area contributed by atoms with E-state index in [1.807, 2.05) is 30.3 Å². The van der Waals surface area contributed by atoms with Crippen molar-refractivity contribution in [2.45, 2.75) is 6.61 Å². The van der Waals surface area contributed by atoms with Crippen molar-refractivity contribution in [3.05, 3.63) is 35.9 Å². The van der Waals surface area contributed by atoms with Gasteiger partial charge in [0, 0.05) is 0 Å². The van der Waals surface area contributed by atoms with Gasteiger partial charge in [-0.05, 0) is 5.56 Å². The Morgan fingerprint density at radius 3 is 2.77 bits per heavy atom. The molecule has 1 rings (SSSR count). The highest BCUT2D eigenvalue weighted by molar-refractivity contribution is 5.32. The second kappa shape index (κ2) is 6.12. The highest BCUT2D eigenvalue weighted by atomic mass is 16.5. The van der Waals surface area contributed by atoms with Gasteiger partial charge in [0.25, 0.3) is 0 Å². The Kier molecular flexibility index (Phi) is 4.54. The Morgan fingerprint density at radius 1 is 1.31 bits per heavy atom. The van der Waals surface area contributed by atoms with Crippen LogP contribution in [0, 0.1) is 0 Å². The molecule has 3 heteroatoms. The van der Waals surface area contributed by atoms with E-state index in [2.05, 4.69) is 4.99 Å². The van der Waals surface area contributed by atoms with Crippen LogP contribution in [0.1, 0.15) is 5.56 Å². The lowest BCUT2D eigenvalue weighted by molar-refractivity contribution is 0.128. The van der Waals surface area contributed by atoms with Gasteiger partial charge < -0.3 is 4.74 Å². The van der Waals surface area contributed by atoms with E-state index in [0.717, 1.165) is 5.56 Å². The Hall–Kier alpha value is -1.44. The maximum atomic E-state index is 9.69. The fourth-order valence-electron chi connectivity index (χ4n) is 0.920. The van der Waals surface area contributed by atoms with Crippen LogP contribution < -0.4 is 0 Å². The van der Waals surface area contributed by atoms with Gasteiger partial charge in [0.2, 0.25) is 6.08 Å². The molecule has 1 aromatic carbocycles. The zero-order valence-electron chi connectivity index (χ0n) is 7.27. The van der Waals surface area contributed by atoms with Crippen molar-refractivity contribution in [1.82, 2.24) is 0 Å². The van der Waals surface area contributed by atoms with Crippen LogP contribution in [0.25, 0.3) is 0 Å². The summed E-state index contributed by atoms with van der Waals surface area (Å²) in [6, 6.07) is 9.86. The van der Waals surface area contributed by atoms with Crippen molar-refractivity contribution in [3.8, 4) is 0 Å². The Labute approximate surface area is 77.1 Å². The van der Waals surface area contributed by atoms with Crippen LogP contribution in [-0.4, -0.2) is 19.2 Å². The third-order valence-corrected chi connectivity index (χ3v) is 1.52. The maximum absolute atomic E-state index is 9.69. The third-order valence-electron chi connectivity index (χ3n) is 1.52. The van der Waals surface area contributed by atoms with Crippen molar-refractivity contribution in [1.29, 1.82) is 0 Å². The van der Waals surface area contributed by atoms with Gasteiger partial charge >= 0.3 is 0 Å². The molecule has 0 saturated heterocycles. The quantitative estimate of drug-likeness (QED) is 0.388. The molecule has 1 aromatic rings. The Balaban J connectivity index is 2.17. The molecule has 0 amide bonds. The summed E-state index contributed by atoms with van der Waals surface area (Å²) in [6.07, 6.45) is 1.46. The number of benzene rings is 1. The molecule has 3 nitrogen and oxygen atoms in total. The first-order chi connectivity index (χ1) is 6.43. The van der Waals surface area contributed by atoms with Crippen molar-refractivity contribution in [3.63, 3.8) is 0 Å². The van der Waals surface area contributed by atoms with E-state index in [0.29, 0.717) is 19.8 Å². The maximum Gasteiger partial charge on any atom is 0.235 e. The summed E-state index contributed by atoms with van der Waals surface area (Å²) in [4.78, 5) is 13.1. The van der Waals surface area contributed by atoms with Gasteiger partial charge in [0.15, 0.2) is 0 Å². The van der Waals surface area contributed by atoms with Crippen molar-refractivity contribution >= 4 is 6.08 Å². The lowest BCUT2D eigenvalue weighted by Gasteiger charge is -2.00. The van der Waals surface area contributed by atoms with Gasteiger partial charge in [-0.25, -0.2) is 9.79 Å². The van der Waals surface area contributed by atoms with Crippen LogP contribution in [0.3, 0.4) is 0 Å². The van der Waals surface area contributed by atoms with Gasteiger partial charge in [-0.3, -0.25) is 0 Å². The standard InChI is InChI=1S/C10H11NO2/c12-9-11-6-7-13-8-10-4-2-1-3-5-10/h1-5H,6-8H2. The van der Waals surface area contributed by atoms with E-state index >= 15 is 0 Å². The first-order valence-electron chi connectivity index (χ1n) is 4.09. The first kappa shape index (κ1) is 9.65. The van der Waals surface area contributed by atoms with E-state index in [9.17, 15) is 4.79 Å². The van der Waals surface area contributed by atoms with Crippen LogP contribution in [0.15, 0.2) is 35.3 Å². The molecule has 0 aliphatic carbocycles. The molecule has 0 N–H and O–H groups in total. The molecule has 0 bridgehead atoms. The minimum atomic E-state index is 0.385. The number of rotatable bonds is 5. The molecule has 0 fully saturated rings. The highest BCUT2D eigenvalue weighted by Gasteiger charge is 1.89. The van der Waals surface area contributed by atoms with Crippen molar-refractivity contribution in [2.24, 2.45) is 4.99 Å². The van der Waals surface area contributed by atoms with E-state index < -0.39 is 0 Å². The number of ether oxygens (including phenoxy) is 1. The lowest BCUT2D eigenvalue weighted by atomic mass is 10.2. The summed E-state index contributed by atoms with van der Waals surface area (Å²) >= 11 is 0. The molecular formula is C10H11NO2. The summed E-state index contributed by atoms with van der Waals surface area (Å²) in [5, 5.41) is 0. The normalized spacial score (nSPS) is 9.23. The molecule has 0 spiro atoms. The highest BCUT2D eigenvalue weighted by Crippen LogP contribution is 1.99. The molecule has 0 aliphatic rings. The molecule has 0 saturated carbocycles. The molecule has 0 aromatic heterocycles. The number of hydrogen-bond donors (Lipinski definition) is 0. The monoisotopic (exact) mass is 177 g/mol.